The largest absolute Gasteiger partial charge is 0.329 e. The van der Waals surface area contributed by atoms with E-state index in [1.807, 2.05) is 0 Å². The van der Waals surface area contributed by atoms with Gasteiger partial charge in [-0.1, -0.05) is 0 Å². The van der Waals surface area contributed by atoms with E-state index < -0.39 is 23.0 Å². The molecular weight excluding hydrogens is 219 g/mol. The molecule has 5 heteroatoms. The molecule has 0 bridgehead atoms. The second-order valence-corrected chi connectivity index (χ2v) is 3.17. The molecule has 1 N–H and O–H groups in total. The number of hydrogen-bond acceptors (Lipinski definition) is 1. The van der Waals surface area contributed by atoms with Gasteiger partial charge in [0.2, 0.25) is 0 Å². The third-order valence-electron chi connectivity index (χ3n) is 2.11. The van der Waals surface area contributed by atoms with Gasteiger partial charge in [-0.05, 0) is 29.8 Å². The smallest absolute Gasteiger partial charge is 0.255 e. The molecule has 1 aromatic heterocycles. The molecule has 0 atom stereocenters. The Bertz CT molecular complexity index is 569. The van der Waals surface area contributed by atoms with Gasteiger partial charge in [0.25, 0.3) is 5.56 Å². The van der Waals surface area contributed by atoms with E-state index in [1.54, 1.807) is 0 Å². The highest BCUT2D eigenvalue weighted by Crippen LogP contribution is 2.20. The number of aromatic nitrogens is 1. The average molecular weight is 225 g/mol. The molecule has 2 aromatic rings. The minimum Gasteiger partial charge on any atom is -0.329 e. The highest BCUT2D eigenvalue weighted by molar-refractivity contribution is 5.62. The number of benzene rings is 1. The van der Waals surface area contributed by atoms with Crippen LogP contribution in [0, 0.1) is 17.5 Å². The lowest BCUT2D eigenvalue weighted by molar-refractivity contribution is 0.447. The topological polar surface area (TPSA) is 32.9 Å². The number of rotatable bonds is 1. The molecule has 0 unspecified atom stereocenters. The van der Waals surface area contributed by atoms with Crippen LogP contribution in [0.1, 0.15) is 0 Å². The Morgan fingerprint density at radius 2 is 1.69 bits per heavy atom. The lowest BCUT2D eigenvalue weighted by atomic mass is 10.1. The summed E-state index contributed by atoms with van der Waals surface area (Å²) in [5.41, 5.74) is -0.411. The highest BCUT2D eigenvalue weighted by Gasteiger charge is 2.12. The van der Waals surface area contributed by atoms with Crippen molar-refractivity contribution in [2.75, 3.05) is 0 Å². The molecule has 0 amide bonds. The Morgan fingerprint density at radius 1 is 1.06 bits per heavy atom. The number of hydrogen-bond donors (Lipinski definition) is 1. The Kier molecular flexibility index (Phi) is 2.52. The SMILES string of the molecule is O=c1[nH]cccc1-c1cc(F)c(F)c(F)c1. The van der Waals surface area contributed by atoms with Gasteiger partial charge in [-0.15, -0.1) is 0 Å². The molecule has 0 spiro atoms. The number of aromatic amines is 1. The van der Waals surface area contributed by atoms with Crippen molar-refractivity contribution in [1.82, 2.24) is 4.98 Å². The van der Waals surface area contributed by atoms with Crippen molar-refractivity contribution >= 4 is 0 Å². The fourth-order valence-electron chi connectivity index (χ4n) is 1.36. The van der Waals surface area contributed by atoms with E-state index in [-0.39, 0.29) is 11.1 Å². The van der Waals surface area contributed by atoms with Gasteiger partial charge in [0.05, 0.1) is 0 Å². The summed E-state index contributed by atoms with van der Waals surface area (Å²) in [6.45, 7) is 0. The highest BCUT2D eigenvalue weighted by atomic mass is 19.2. The minimum absolute atomic E-state index is 0.00162. The summed E-state index contributed by atoms with van der Waals surface area (Å²) in [5.74, 6) is -4.19. The molecule has 16 heavy (non-hydrogen) atoms. The van der Waals surface area contributed by atoms with Gasteiger partial charge in [0.1, 0.15) is 0 Å². The molecule has 2 nitrogen and oxygen atoms in total. The van der Waals surface area contributed by atoms with Gasteiger partial charge in [0, 0.05) is 11.8 Å². The summed E-state index contributed by atoms with van der Waals surface area (Å²) in [6.07, 6.45) is 1.39. The van der Waals surface area contributed by atoms with Gasteiger partial charge >= 0.3 is 0 Å². The summed E-state index contributed by atoms with van der Waals surface area (Å²) >= 11 is 0. The van der Waals surface area contributed by atoms with Crippen molar-refractivity contribution in [3.8, 4) is 11.1 Å². The minimum atomic E-state index is -1.55. The lowest BCUT2D eigenvalue weighted by Crippen LogP contribution is -2.07. The Morgan fingerprint density at radius 3 is 2.25 bits per heavy atom. The van der Waals surface area contributed by atoms with E-state index in [9.17, 15) is 18.0 Å². The molecule has 0 aliphatic heterocycles. The molecule has 0 saturated heterocycles. The van der Waals surface area contributed by atoms with Crippen LogP contribution in [-0.2, 0) is 0 Å². The van der Waals surface area contributed by atoms with E-state index >= 15 is 0 Å². The Hall–Kier alpha value is -2.04. The first kappa shape index (κ1) is 10.5. The van der Waals surface area contributed by atoms with Crippen molar-refractivity contribution in [2.24, 2.45) is 0 Å². The zero-order valence-electron chi connectivity index (χ0n) is 7.93. The number of pyridine rings is 1. The lowest BCUT2D eigenvalue weighted by Gasteiger charge is -2.02. The second kappa shape index (κ2) is 3.84. The van der Waals surface area contributed by atoms with Crippen LogP contribution < -0.4 is 5.56 Å². The first-order valence-corrected chi connectivity index (χ1v) is 4.42. The van der Waals surface area contributed by atoms with E-state index in [0.29, 0.717) is 0 Å². The fraction of sp³-hybridized carbons (Fsp3) is 0. The predicted molar refractivity (Wildman–Crippen MR) is 52.4 cm³/mol. The van der Waals surface area contributed by atoms with Crippen molar-refractivity contribution in [3.63, 3.8) is 0 Å². The summed E-state index contributed by atoms with van der Waals surface area (Å²) in [6, 6.07) is 4.47. The van der Waals surface area contributed by atoms with E-state index in [4.69, 9.17) is 0 Å². The van der Waals surface area contributed by atoms with Gasteiger partial charge in [-0.2, -0.15) is 0 Å². The van der Waals surface area contributed by atoms with Crippen molar-refractivity contribution in [2.45, 2.75) is 0 Å². The summed E-state index contributed by atoms with van der Waals surface area (Å²) in [4.78, 5) is 13.7. The van der Waals surface area contributed by atoms with Crippen LogP contribution in [-0.4, -0.2) is 4.98 Å². The molecule has 1 aromatic carbocycles. The molecule has 0 radical (unpaired) electrons. The molecular formula is C11H6F3NO. The molecule has 0 saturated carbocycles. The second-order valence-electron chi connectivity index (χ2n) is 3.17. The number of halogens is 3. The Balaban J connectivity index is 2.67. The van der Waals surface area contributed by atoms with Gasteiger partial charge < -0.3 is 4.98 Å². The maximum absolute atomic E-state index is 12.9. The van der Waals surface area contributed by atoms with Crippen LogP contribution in [0.15, 0.2) is 35.3 Å². The number of H-pyrrole nitrogens is 1. The molecule has 2 rings (SSSR count). The fourth-order valence-corrected chi connectivity index (χ4v) is 1.36. The molecule has 0 aliphatic rings. The zero-order chi connectivity index (χ0) is 11.7. The van der Waals surface area contributed by atoms with E-state index in [0.717, 1.165) is 12.1 Å². The maximum atomic E-state index is 12.9. The van der Waals surface area contributed by atoms with Crippen LogP contribution in [0.3, 0.4) is 0 Å². The molecule has 0 fully saturated rings. The summed E-state index contributed by atoms with van der Waals surface area (Å²) in [7, 11) is 0. The summed E-state index contributed by atoms with van der Waals surface area (Å²) < 4.78 is 38.6. The van der Waals surface area contributed by atoms with Crippen LogP contribution in [0.2, 0.25) is 0 Å². The average Bonchev–Trinajstić information content (AvgIpc) is 2.26. The standard InChI is InChI=1S/C11H6F3NO/c12-8-4-6(5-9(13)10(8)14)7-2-1-3-15-11(7)16/h1-5H,(H,15,16). The normalized spacial score (nSPS) is 10.4. The van der Waals surface area contributed by atoms with E-state index in [2.05, 4.69) is 4.98 Å². The predicted octanol–water partition coefficient (Wildman–Crippen LogP) is 2.46. The third kappa shape index (κ3) is 1.71. The maximum Gasteiger partial charge on any atom is 0.255 e. The van der Waals surface area contributed by atoms with Crippen molar-refractivity contribution < 1.29 is 13.2 Å². The molecule has 82 valence electrons. The number of nitrogens with one attached hydrogen (secondary N) is 1. The van der Waals surface area contributed by atoms with Crippen molar-refractivity contribution in [1.29, 1.82) is 0 Å². The molecule has 1 heterocycles. The first-order valence-electron chi connectivity index (χ1n) is 4.42. The monoisotopic (exact) mass is 225 g/mol. The van der Waals surface area contributed by atoms with Gasteiger partial charge in [0.15, 0.2) is 17.5 Å². The quantitative estimate of drug-likeness (QED) is 0.743. The van der Waals surface area contributed by atoms with Crippen LogP contribution >= 0.6 is 0 Å². The zero-order valence-corrected chi connectivity index (χ0v) is 7.93. The van der Waals surface area contributed by atoms with Crippen LogP contribution in [0.5, 0.6) is 0 Å². The third-order valence-corrected chi connectivity index (χ3v) is 2.11. The van der Waals surface area contributed by atoms with Gasteiger partial charge in [-0.25, -0.2) is 13.2 Å². The van der Waals surface area contributed by atoms with Gasteiger partial charge in [-0.3, -0.25) is 4.79 Å². The van der Waals surface area contributed by atoms with E-state index in [1.165, 1.54) is 18.3 Å². The van der Waals surface area contributed by atoms with Crippen LogP contribution in [0.4, 0.5) is 13.2 Å². The van der Waals surface area contributed by atoms with Crippen LogP contribution in [0.25, 0.3) is 11.1 Å². The Labute approximate surface area is 88.4 Å². The first-order chi connectivity index (χ1) is 7.59. The molecule has 0 aliphatic carbocycles. The summed E-state index contributed by atoms with van der Waals surface area (Å²) in [5, 5.41) is 0. The van der Waals surface area contributed by atoms with Crippen molar-refractivity contribution in [3.05, 3.63) is 58.3 Å².